The van der Waals surface area contributed by atoms with Crippen LogP contribution in [0.4, 0.5) is 5.82 Å². The fraction of sp³-hybridized carbons (Fsp3) is 0.375. The minimum Gasteiger partial charge on any atom is -0.329 e. The van der Waals surface area contributed by atoms with E-state index in [2.05, 4.69) is 9.71 Å². The van der Waals surface area contributed by atoms with Gasteiger partial charge in [0, 0.05) is 12.2 Å². The highest BCUT2D eigenvalue weighted by atomic mass is 32.2. The van der Waals surface area contributed by atoms with Crippen LogP contribution in [0.15, 0.2) is 18.2 Å². The van der Waals surface area contributed by atoms with E-state index in [1.807, 2.05) is 0 Å². The summed E-state index contributed by atoms with van der Waals surface area (Å²) < 4.78 is 24.9. The molecule has 0 aliphatic carbocycles. The molecule has 0 bridgehead atoms. The molecule has 0 fully saturated rings. The van der Waals surface area contributed by atoms with E-state index in [1.54, 1.807) is 25.1 Å². The smallest absolute Gasteiger partial charge is 0.235 e. The van der Waals surface area contributed by atoms with Crippen molar-refractivity contribution < 1.29 is 8.42 Å². The zero-order valence-corrected chi connectivity index (χ0v) is 8.71. The number of rotatable bonds is 4. The molecule has 1 heterocycles. The van der Waals surface area contributed by atoms with Gasteiger partial charge >= 0.3 is 0 Å². The number of nitrogens with two attached hydrogens (primary N) is 1. The predicted molar refractivity (Wildman–Crippen MR) is 55.4 cm³/mol. The third kappa shape index (κ3) is 3.31. The minimum absolute atomic E-state index is 0.0946. The van der Waals surface area contributed by atoms with Gasteiger partial charge in [-0.15, -0.1) is 0 Å². The summed E-state index contributed by atoms with van der Waals surface area (Å²) in [5.74, 6) is 0.237. The number of anilines is 1. The van der Waals surface area contributed by atoms with Gasteiger partial charge in [-0.05, 0) is 19.1 Å². The van der Waals surface area contributed by atoms with Crippen LogP contribution in [-0.4, -0.2) is 25.7 Å². The Labute approximate surface area is 83.4 Å². The van der Waals surface area contributed by atoms with Crippen molar-refractivity contribution in [2.24, 2.45) is 5.73 Å². The summed E-state index contributed by atoms with van der Waals surface area (Å²) in [6, 6.07) is 5.13. The van der Waals surface area contributed by atoms with Gasteiger partial charge in [0.1, 0.15) is 5.82 Å². The number of nitrogens with one attached hydrogen (secondary N) is 1. The number of aromatic nitrogens is 1. The quantitative estimate of drug-likeness (QED) is 0.745. The zero-order valence-electron chi connectivity index (χ0n) is 7.90. The summed E-state index contributed by atoms with van der Waals surface area (Å²) in [5.41, 5.74) is 5.92. The number of sulfonamides is 1. The molecular weight excluding hydrogens is 202 g/mol. The first-order valence-electron chi connectivity index (χ1n) is 4.18. The minimum atomic E-state index is -3.34. The first kappa shape index (κ1) is 10.9. The van der Waals surface area contributed by atoms with Crippen molar-refractivity contribution in [3.63, 3.8) is 0 Å². The molecule has 0 saturated heterocycles. The normalized spacial score (nSPS) is 11.3. The number of aryl methyl sites for hydroxylation is 1. The molecule has 6 heteroatoms. The lowest BCUT2D eigenvalue weighted by Gasteiger charge is -2.05. The van der Waals surface area contributed by atoms with Gasteiger partial charge in [-0.1, -0.05) is 6.07 Å². The highest BCUT2D eigenvalue weighted by Gasteiger charge is 2.08. The SMILES string of the molecule is Cc1cccc(NS(=O)(=O)CCN)n1. The van der Waals surface area contributed by atoms with Gasteiger partial charge in [0.25, 0.3) is 0 Å². The summed E-state index contributed by atoms with van der Waals surface area (Å²) in [6.07, 6.45) is 0. The first-order valence-corrected chi connectivity index (χ1v) is 5.83. The molecule has 14 heavy (non-hydrogen) atoms. The van der Waals surface area contributed by atoms with E-state index in [4.69, 9.17) is 5.73 Å². The molecule has 0 atom stereocenters. The Morgan fingerprint density at radius 2 is 2.21 bits per heavy atom. The van der Waals surface area contributed by atoms with Crippen molar-refractivity contribution in [3.05, 3.63) is 23.9 Å². The van der Waals surface area contributed by atoms with Crippen LogP contribution < -0.4 is 10.5 Å². The largest absolute Gasteiger partial charge is 0.329 e. The maximum absolute atomic E-state index is 11.3. The van der Waals surface area contributed by atoms with Gasteiger partial charge in [-0.2, -0.15) is 0 Å². The van der Waals surface area contributed by atoms with Crippen LogP contribution in [-0.2, 0) is 10.0 Å². The molecule has 1 rings (SSSR count). The van der Waals surface area contributed by atoms with Gasteiger partial charge in [0.2, 0.25) is 10.0 Å². The Morgan fingerprint density at radius 3 is 2.79 bits per heavy atom. The molecule has 0 amide bonds. The maximum atomic E-state index is 11.3. The maximum Gasteiger partial charge on any atom is 0.235 e. The van der Waals surface area contributed by atoms with Crippen molar-refractivity contribution in [2.45, 2.75) is 6.92 Å². The third-order valence-electron chi connectivity index (χ3n) is 1.53. The Morgan fingerprint density at radius 1 is 1.50 bits per heavy atom. The van der Waals surface area contributed by atoms with Gasteiger partial charge < -0.3 is 5.73 Å². The average Bonchev–Trinajstić information content (AvgIpc) is 2.02. The van der Waals surface area contributed by atoms with Crippen molar-refractivity contribution in [1.29, 1.82) is 0 Å². The fourth-order valence-corrected chi connectivity index (χ4v) is 1.81. The predicted octanol–water partition coefficient (Wildman–Crippen LogP) is 0.0904. The third-order valence-corrected chi connectivity index (χ3v) is 2.83. The van der Waals surface area contributed by atoms with Crippen LogP contribution in [0.3, 0.4) is 0 Å². The molecule has 0 saturated carbocycles. The second-order valence-corrected chi connectivity index (χ2v) is 4.72. The number of nitrogens with zero attached hydrogens (tertiary/aromatic N) is 1. The lowest BCUT2D eigenvalue weighted by atomic mass is 10.4. The summed E-state index contributed by atoms with van der Waals surface area (Å²) in [6.45, 7) is 1.89. The van der Waals surface area contributed by atoms with Crippen molar-refractivity contribution in [1.82, 2.24) is 4.98 Å². The van der Waals surface area contributed by atoms with E-state index in [0.717, 1.165) is 5.69 Å². The summed E-state index contributed by atoms with van der Waals surface area (Å²) in [7, 11) is -3.34. The average molecular weight is 215 g/mol. The van der Waals surface area contributed by atoms with Crippen LogP contribution in [0, 0.1) is 6.92 Å². The lowest BCUT2D eigenvalue weighted by Crippen LogP contribution is -2.22. The second kappa shape index (κ2) is 4.39. The van der Waals surface area contributed by atoms with Crippen molar-refractivity contribution in [2.75, 3.05) is 17.0 Å². The molecule has 0 aromatic carbocycles. The number of hydrogen-bond acceptors (Lipinski definition) is 4. The zero-order chi connectivity index (χ0) is 10.6. The Balaban J connectivity index is 2.79. The van der Waals surface area contributed by atoms with Gasteiger partial charge in [0.15, 0.2) is 0 Å². The molecule has 0 aliphatic rings. The highest BCUT2D eigenvalue weighted by Crippen LogP contribution is 2.05. The summed E-state index contributed by atoms with van der Waals surface area (Å²) >= 11 is 0. The Bertz CT molecular complexity index is 403. The van der Waals surface area contributed by atoms with Crippen LogP contribution in [0.2, 0.25) is 0 Å². The molecular formula is C8H13N3O2S. The fourth-order valence-electron chi connectivity index (χ4n) is 0.965. The van der Waals surface area contributed by atoms with E-state index in [1.165, 1.54) is 0 Å². The standard InChI is InChI=1S/C8H13N3O2S/c1-7-3-2-4-8(10-7)11-14(12,13)6-5-9/h2-4H,5-6,9H2,1H3,(H,10,11). The van der Waals surface area contributed by atoms with E-state index in [9.17, 15) is 8.42 Å². The topological polar surface area (TPSA) is 85.1 Å². The van der Waals surface area contributed by atoms with Crippen LogP contribution in [0.5, 0.6) is 0 Å². The van der Waals surface area contributed by atoms with Crippen LogP contribution in [0.1, 0.15) is 5.69 Å². The van der Waals surface area contributed by atoms with Gasteiger partial charge in [-0.25, -0.2) is 13.4 Å². The molecule has 0 spiro atoms. The van der Waals surface area contributed by atoms with Crippen molar-refractivity contribution in [3.8, 4) is 0 Å². The molecule has 0 aliphatic heterocycles. The van der Waals surface area contributed by atoms with Crippen LogP contribution in [0.25, 0.3) is 0 Å². The molecule has 0 radical (unpaired) electrons. The lowest BCUT2D eigenvalue weighted by molar-refractivity contribution is 0.601. The molecule has 0 unspecified atom stereocenters. The first-order chi connectivity index (χ1) is 6.53. The van der Waals surface area contributed by atoms with Crippen molar-refractivity contribution >= 4 is 15.8 Å². The van der Waals surface area contributed by atoms with E-state index >= 15 is 0 Å². The summed E-state index contributed by atoms with van der Waals surface area (Å²) in [4.78, 5) is 4.01. The molecule has 78 valence electrons. The Kier molecular flexibility index (Phi) is 3.43. The molecule has 1 aromatic rings. The van der Waals surface area contributed by atoms with E-state index in [-0.39, 0.29) is 12.3 Å². The molecule has 1 aromatic heterocycles. The monoisotopic (exact) mass is 215 g/mol. The van der Waals surface area contributed by atoms with Crippen LogP contribution >= 0.6 is 0 Å². The number of hydrogen-bond donors (Lipinski definition) is 2. The van der Waals surface area contributed by atoms with Gasteiger partial charge in [0.05, 0.1) is 5.75 Å². The summed E-state index contributed by atoms with van der Waals surface area (Å²) in [5, 5.41) is 0. The van der Waals surface area contributed by atoms with E-state index in [0.29, 0.717) is 5.82 Å². The highest BCUT2D eigenvalue weighted by molar-refractivity contribution is 7.92. The molecule has 3 N–H and O–H groups in total. The van der Waals surface area contributed by atoms with Gasteiger partial charge in [-0.3, -0.25) is 4.72 Å². The second-order valence-electron chi connectivity index (χ2n) is 2.87. The number of pyridine rings is 1. The molecule has 5 nitrogen and oxygen atoms in total. The Hall–Kier alpha value is -1.14. The van der Waals surface area contributed by atoms with E-state index < -0.39 is 10.0 Å².